The van der Waals surface area contributed by atoms with Crippen LogP contribution in [0.15, 0.2) is 28.7 Å². The fourth-order valence-corrected chi connectivity index (χ4v) is 2.62. The Morgan fingerprint density at radius 2 is 2.04 bits per heavy atom. The Hall–Kier alpha value is -1.62. The Morgan fingerprint density at radius 3 is 2.70 bits per heavy atom. The molecule has 1 aromatic carbocycles. The van der Waals surface area contributed by atoms with Crippen molar-refractivity contribution >= 4 is 33.4 Å². The third kappa shape index (κ3) is 4.22. The second kappa shape index (κ2) is 6.87. The molecule has 4 nitrogen and oxygen atoms in total. The summed E-state index contributed by atoms with van der Waals surface area (Å²) >= 11 is 3.54. The largest absolute Gasteiger partial charge is 0.352 e. The van der Waals surface area contributed by atoms with Crippen LogP contribution in [0.3, 0.4) is 0 Å². The number of nitrogens with one attached hydrogen (secondary N) is 2. The Bertz CT molecular complexity index is 697. The zero-order valence-electron chi connectivity index (χ0n) is 13.9. The van der Waals surface area contributed by atoms with E-state index in [1.54, 1.807) is 0 Å². The summed E-state index contributed by atoms with van der Waals surface area (Å²) in [4.78, 5) is 9.32. The molecule has 1 aromatic heterocycles. The third-order valence-electron chi connectivity index (χ3n) is 4.16. The number of hydrogen-bond donors (Lipinski definition) is 2. The molecule has 0 radical (unpaired) electrons. The maximum atomic E-state index is 4.69. The van der Waals surface area contributed by atoms with E-state index >= 15 is 0 Å². The number of halogens is 1. The summed E-state index contributed by atoms with van der Waals surface area (Å²) in [5, 5.41) is 6.81. The smallest absolute Gasteiger partial charge is 0.225 e. The Morgan fingerprint density at radius 1 is 1.26 bits per heavy atom. The number of hydrogen-bond acceptors (Lipinski definition) is 4. The van der Waals surface area contributed by atoms with E-state index in [0.29, 0.717) is 12.0 Å². The minimum Gasteiger partial charge on any atom is -0.352 e. The van der Waals surface area contributed by atoms with Crippen molar-refractivity contribution in [3.8, 4) is 0 Å². The van der Waals surface area contributed by atoms with Gasteiger partial charge < -0.3 is 10.6 Å². The van der Waals surface area contributed by atoms with Gasteiger partial charge in [0.15, 0.2) is 0 Å². The summed E-state index contributed by atoms with van der Waals surface area (Å²) in [6.07, 6.45) is 3.51. The molecule has 0 spiro atoms. The first-order chi connectivity index (χ1) is 11.0. The van der Waals surface area contributed by atoms with Crippen LogP contribution in [0.1, 0.15) is 50.3 Å². The highest BCUT2D eigenvalue weighted by Gasteiger charge is 2.26. The van der Waals surface area contributed by atoms with Crippen LogP contribution in [-0.2, 0) is 0 Å². The summed E-state index contributed by atoms with van der Waals surface area (Å²) in [5.41, 5.74) is 3.38. The van der Waals surface area contributed by atoms with E-state index in [1.807, 2.05) is 0 Å². The molecule has 122 valence electrons. The standard InChI is InChI=1S/C18H23BrN4/c1-4-12(3)20-18-22-16(13-5-6-13)10-17(23-18)21-14-7-8-15(19)11(2)9-14/h7-10,12-13H,4-6H2,1-3H3,(H2,20,21,22,23)/t12-/m1/s1. The SMILES string of the molecule is CC[C@@H](C)Nc1nc(Nc2ccc(Br)c(C)c2)cc(C2CC2)n1. The molecular formula is C18H23BrN4. The van der Waals surface area contributed by atoms with Crippen LogP contribution in [0.5, 0.6) is 0 Å². The van der Waals surface area contributed by atoms with E-state index < -0.39 is 0 Å². The van der Waals surface area contributed by atoms with Crippen molar-refractivity contribution in [2.75, 3.05) is 10.6 Å². The number of aromatic nitrogens is 2. The highest BCUT2D eigenvalue weighted by molar-refractivity contribution is 9.10. The van der Waals surface area contributed by atoms with Crippen molar-refractivity contribution < 1.29 is 0 Å². The van der Waals surface area contributed by atoms with Crippen LogP contribution < -0.4 is 10.6 Å². The maximum absolute atomic E-state index is 4.69. The van der Waals surface area contributed by atoms with E-state index in [9.17, 15) is 0 Å². The van der Waals surface area contributed by atoms with Crippen LogP contribution in [-0.4, -0.2) is 16.0 Å². The van der Waals surface area contributed by atoms with Crippen molar-refractivity contribution in [1.29, 1.82) is 0 Å². The average Bonchev–Trinajstić information content (AvgIpc) is 3.35. The molecule has 5 heteroatoms. The zero-order chi connectivity index (χ0) is 16.4. The lowest BCUT2D eigenvalue weighted by atomic mass is 10.2. The summed E-state index contributed by atoms with van der Waals surface area (Å²) in [6, 6.07) is 8.67. The number of rotatable bonds is 6. The summed E-state index contributed by atoms with van der Waals surface area (Å²) < 4.78 is 1.11. The average molecular weight is 375 g/mol. The molecule has 1 aliphatic rings. The van der Waals surface area contributed by atoms with Gasteiger partial charge in [-0.15, -0.1) is 0 Å². The molecule has 1 saturated carbocycles. The molecular weight excluding hydrogens is 352 g/mol. The second-order valence-electron chi connectivity index (χ2n) is 6.32. The van der Waals surface area contributed by atoms with Crippen molar-refractivity contribution in [1.82, 2.24) is 9.97 Å². The maximum Gasteiger partial charge on any atom is 0.225 e. The second-order valence-corrected chi connectivity index (χ2v) is 7.17. The zero-order valence-corrected chi connectivity index (χ0v) is 15.4. The van der Waals surface area contributed by atoms with Gasteiger partial charge >= 0.3 is 0 Å². The first-order valence-electron chi connectivity index (χ1n) is 8.24. The minimum absolute atomic E-state index is 0.368. The Balaban J connectivity index is 1.86. The van der Waals surface area contributed by atoms with Gasteiger partial charge in [-0.25, -0.2) is 4.98 Å². The van der Waals surface area contributed by atoms with E-state index in [1.165, 1.54) is 18.4 Å². The third-order valence-corrected chi connectivity index (χ3v) is 5.05. The predicted octanol–water partition coefficient (Wildman–Crippen LogP) is 5.38. The highest BCUT2D eigenvalue weighted by atomic mass is 79.9. The fourth-order valence-electron chi connectivity index (χ4n) is 2.38. The molecule has 0 saturated heterocycles. The van der Waals surface area contributed by atoms with Crippen LogP contribution in [0.2, 0.25) is 0 Å². The lowest BCUT2D eigenvalue weighted by Crippen LogP contribution is -2.16. The number of nitrogens with zero attached hydrogens (tertiary/aromatic N) is 2. The molecule has 0 aliphatic heterocycles. The molecule has 1 fully saturated rings. The summed E-state index contributed by atoms with van der Waals surface area (Å²) in [6.45, 7) is 6.39. The monoisotopic (exact) mass is 374 g/mol. The van der Waals surface area contributed by atoms with Crippen LogP contribution >= 0.6 is 15.9 Å². The van der Waals surface area contributed by atoms with Crippen molar-refractivity contribution in [3.63, 3.8) is 0 Å². The van der Waals surface area contributed by atoms with Gasteiger partial charge in [-0.2, -0.15) is 4.98 Å². The molecule has 1 aliphatic carbocycles. The van der Waals surface area contributed by atoms with Crippen molar-refractivity contribution in [2.45, 2.75) is 52.0 Å². The van der Waals surface area contributed by atoms with Crippen molar-refractivity contribution in [3.05, 3.63) is 40.0 Å². The molecule has 0 bridgehead atoms. The molecule has 2 N–H and O–H groups in total. The van der Waals surface area contributed by atoms with Gasteiger partial charge in [0, 0.05) is 28.2 Å². The Kier molecular flexibility index (Phi) is 4.85. The van der Waals surface area contributed by atoms with E-state index in [-0.39, 0.29) is 0 Å². The number of benzene rings is 1. The van der Waals surface area contributed by atoms with Crippen LogP contribution in [0.4, 0.5) is 17.5 Å². The van der Waals surface area contributed by atoms with Gasteiger partial charge in [0.25, 0.3) is 0 Å². The van der Waals surface area contributed by atoms with Gasteiger partial charge in [0.05, 0.1) is 5.69 Å². The number of aryl methyl sites for hydroxylation is 1. The van der Waals surface area contributed by atoms with Crippen LogP contribution in [0.25, 0.3) is 0 Å². The predicted molar refractivity (Wildman–Crippen MR) is 99.5 cm³/mol. The molecule has 0 unspecified atom stereocenters. The Labute approximate surface area is 146 Å². The van der Waals surface area contributed by atoms with Crippen LogP contribution in [0, 0.1) is 6.92 Å². The molecule has 1 atom stereocenters. The summed E-state index contributed by atoms with van der Waals surface area (Å²) in [7, 11) is 0. The molecule has 0 amide bonds. The van der Waals surface area contributed by atoms with Crippen molar-refractivity contribution in [2.24, 2.45) is 0 Å². The van der Waals surface area contributed by atoms with E-state index in [4.69, 9.17) is 0 Å². The topological polar surface area (TPSA) is 49.8 Å². The molecule has 23 heavy (non-hydrogen) atoms. The lowest BCUT2D eigenvalue weighted by Gasteiger charge is -2.14. The molecule has 3 rings (SSSR count). The quantitative estimate of drug-likeness (QED) is 0.712. The van der Waals surface area contributed by atoms with E-state index in [0.717, 1.165) is 34.0 Å². The molecule has 1 heterocycles. The minimum atomic E-state index is 0.368. The van der Waals surface area contributed by atoms with Gasteiger partial charge in [0.2, 0.25) is 5.95 Å². The summed E-state index contributed by atoms with van der Waals surface area (Å²) in [5.74, 6) is 2.18. The fraction of sp³-hybridized carbons (Fsp3) is 0.444. The normalized spacial score (nSPS) is 15.3. The van der Waals surface area contributed by atoms with Gasteiger partial charge in [-0.1, -0.05) is 22.9 Å². The van der Waals surface area contributed by atoms with Gasteiger partial charge in [-0.05, 0) is 56.9 Å². The van der Waals surface area contributed by atoms with Gasteiger partial charge in [0.1, 0.15) is 5.82 Å². The first kappa shape index (κ1) is 16.2. The number of anilines is 3. The molecule has 2 aromatic rings. The van der Waals surface area contributed by atoms with Gasteiger partial charge in [-0.3, -0.25) is 0 Å². The highest BCUT2D eigenvalue weighted by Crippen LogP contribution is 2.40. The first-order valence-corrected chi connectivity index (χ1v) is 9.03. The van der Waals surface area contributed by atoms with E-state index in [2.05, 4.69) is 81.6 Å². The lowest BCUT2D eigenvalue weighted by molar-refractivity contribution is 0.750.